The largest absolute Gasteiger partial charge is 0.449 e. The minimum Gasteiger partial charge on any atom is -0.332 e. The second kappa shape index (κ2) is 9.61. The first-order valence-corrected chi connectivity index (χ1v) is 10.9. The zero-order chi connectivity index (χ0) is 28.2. The van der Waals surface area contributed by atoms with E-state index in [2.05, 4.69) is 15.4 Å². The number of anilines is 1. The van der Waals surface area contributed by atoms with Crippen molar-refractivity contribution in [1.82, 2.24) is 10.7 Å². The van der Waals surface area contributed by atoms with Crippen molar-refractivity contribution >= 4 is 40.6 Å². The highest BCUT2D eigenvalue weighted by atomic mass is 35.5. The van der Waals surface area contributed by atoms with Crippen LogP contribution < -0.4 is 15.8 Å². The molecule has 1 saturated heterocycles. The summed E-state index contributed by atoms with van der Waals surface area (Å²) in [7, 11) is 0. The lowest BCUT2D eigenvalue weighted by Gasteiger charge is -2.25. The van der Waals surface area contributed by atoms with Gasteiger partial charge in [-0.1, -0.05) is 41.4 Å². The highest BCUT2D eigenvalue weighted by Crippen LogP contribution is 2.43. The minimum absolute atomic E-state index is 0.106. The number of fused-ring (bicyclic) bond motifs is 1. The van der Waals surface area contributed by atoms with Crippen molar-refractivity contribution in [2.75, 3.05) is 5.01 Å². The van der Waals surface area contributed by atoms with Crippen LogP contribution in [0.5, 0.6) is 0 Å². The molecule has 5 nitrogen and oxygen atoms in total. The van der Waals surface area contributed by atoms with Gasteiger partial charge in [0.2, 0.25) is 5.84 Å². The number of allylic oxidation sites excluding steroid dienone is 1. The van der Waals surface area contributed by atoms with Crippen LogP contribution >= 0.6 is 23.2 Å². The number of aliphatic imine (C=N–C) groups is 2. The molecule has 0 aliphatic carbocycles. The second-order valence-electron chi connectivity index (χ2n) is 7.77. The Hall–Kier alpha value is -3.04. The van der Waals surface area contributed by atoms with Crippen molar-refractivity contribution in [3.63, 3.8) is 0 Å². The Kier molecular flexibility index (Phi) is 7.08. The number of benzene rings is 2. The molecule has 1 unspecified atom stereocenters. The van der Waals surface area contributed by atoms with E-state index >= 15 is 0 Å². The highest BCUT2D eigenvalue weighted by molar-refractivity contribution is 6.40. The van der Waals surface area contributed by atoms with Gasteiger partial charge in [0.25, 0.3) is 0 Å². The van der Waals surface area contributed by atoms with Crippen LogP contribution in [0.2, 0.25) is 10.0 Å². The zero-order valence-electron chi connectivity index (χ0n) is 18.1. The number of rotatable bonds is 3. The Balaban J connectivity index is 1.93. The molecule has 0 spiro atoms. The molecule has 0 aromatic heterocycles. The third kappa shape index (κ3) is 5.40. The Morgan fingerprint density at radius 3 is 2.03 bits per heavy atom. The minimum atomic E-state index is -5.40. The molecule has 0 amide bonds. The van der Waals surface area contributed by atoms with Crippen LogP contribution in [-0.4, -0.2) is 30.2 Å². The summed E-state index contributed by atoms with van der Waals surface area (Å²) in [6.07, 6.45) is -17.7. The molecule has 1 fully saturated rings. The third-order valence-electron chi connectivity index (χ3n) is 5.23. The molecule has 2 heterocycles. The van der Waals surface area contributed by atoms with E-state index in [1.807, 2.05) is 0 Å². The number of halogens is 12. The maximum Gasteiger partial charge on any atom is 0.449 e. The van der Waals surface area contributed by atoms with E-state index in [0.717, 1.165) is 6.07 Å². The monoisotopic (exact) mass is 593 g/mol. The average Bonchev–Trinajstić information content (AvgIpc) is 3.13. The normalized spacial score (nSPS) is 19.6. The molecule has 2 N–H and O–H groups in total. The Bertz CT molecular complexity index is 1340. The van der Waals surface area contributed by atoms with Crippen LogP contribution in [0.25, 0.3) is 0 Å². The van der Waals surface area contributed by atoms with Gasteiger partial charge in [-0.3, -0.25) is 10.0 Å². The topological polar surface area (TPSA) is 52.0 Å². The van der Waals surface area contributed by atoms with Crippen LogP contribution in [-0.2, 0) is 12.7 Å². The molecule has 0 bridgehead atoms. The summed E-state index contributed by atoms with van der Waals surface area (Å²) < 4.78 is 136. The van der Waals surface area contributed by atoms with Crippen molar-refractivity contribution < 1.29 is 43.9 Å². The lowest BCUT2D eigenvalue weighted by molar-refractivity contribution is -0.137. The molecule has 2 aliphatic heterocycles. The van der Waals surface area contributed by atoms with Crippen molar-refractivity contribution in [2.24, 2.45) is 9.98 Å². The summed E-state index contributed by atoms with van der Waals surface area (Å²) in [5.74, 6) is -3.54. The van der Waals surface area contributed by atoms with Gasteiger partial charge in [-0.25, -0.2) is 9.38 Å². The SMILES string of the molecule is Fc1ccccc1CN=C1C2=C(C(F)(F)F)NC(C(F)(F)F)=NC2NN1c1c(Cl)cc(C(F)(F)F)cc1Cl. The molecule has 17 heteroatoms. The van der Waals surface area contributed by atoms with Gasteiger partial charge in [-0.15, -0.1) is 0 Å². The number of amidine groups is 2. The Morgan fingerprint density at radius 2 is 1.50 bits per heavy atom. The number of hydrogen-bond acceptors (Lipinski definition) is 4. The van der Waals surface area contributed by atoms with Gasteiger partial charge in [-0.05, 0) is 18.2 Å². The van der Waals surface area contributed by atoms with Crippen molar-refractivity contribution in [3.8, 4) is 0 Å². The summed E-state index contributed by atoms with van der Waals surface area (Å²) in [5, 5.41) is 0.353. The average molecular weight is 594 g/mol. The van der Waals surface area contributed by atoms with Crippen molar-refractivity contribution in [2.45, 2.75) is 31.2 Å². The van der Waals surface area contributed by atoms with Gasteiger partial charge in [0.1, 0.15) is 17.7 Å². The molecule has 204 valence electrons. The van der Waals surface area contributed by atoms with Gasteiger partial charge in [0, 0.05) is 5.56 Å². The lowest BCUT2D eigenvalue weighted by Crippen LogP contribution is -2.47. The van der Waals surface area contributed by atoms with Gasteiger partial charge in [0.15, 0.2) is 5.84 Å². The smallest absolute Gasteiger partial charge is 0.332 e. The Morgan fingerprint density at radius 1 is 0.895 bits per heavy atom. The predicted molar refractivity (Wildman–Crippen MR) is 118 cm³/mol. The molecule has 1 atom stereocenters. The molecule has 0 radical (unpaired) electrons. The summed E-state index contributed by atoms with van der Waals surface area (Å²) in [6, 6.07) is 5.86. The highest BCUT2D eigenvalue weighted by Gasteiger charge is 2.52. The maximum atomic E-state index is 14.2. The van der Waals surface area contributed by atoms with E-state index in [4.69, 9.17) is 23.2 Å². The summed E-state index contributed by atoms with van der Waals surface area (Å²) in [4.78, 5) is 7.20. The molecule has 4 rings (SSSR count). The predicted octanol–water partition coefficient (Wildman–Crippen LogP) is 6.78. The number of hydrogen-bond donors (Lipinski definition) is 2. The quantitative estimate of drug-likeness (QED) is 0.386. The molecular formula is C21H11Cl2F10N5. The van der Waals surface area contributed by atoms with E-state index in [0.29, 0.717) is 17.1 Å². The fourth-order valence-electron chi connectivity index (χ4n) is 3.60. The van der Waals surface area contributed by atoms with E-state index in [9.17, 15) is 43.9 Å². The second-order valence-corrected chi connectivity index (χ2v) is 8.59. The Labute approximate surface area is 216 Å². The number of hydrazine groups is 1. The van der Waals surface area contributed by atoms with Crippen LogP contribution in [0.4, 0.5) is 49.6 Å². The van der Waals surface area contributed by atoms with Gasteiger partial charge in [-0.2, -0.15) is 44.9 Å². The third-order valence-corrected chi connectivity index (χ3v) is 5.80. The molecule has 0 saturated carbocycles. The van der Waals surface area contributed by atoms with Crippen LogP contribution in [0.3, 0.4) is 0 Å². The lowest BCUT2D eigenvalue weighted by atomic mass is 10.1. The number of alkyl halides is 9. The molecular weight excluding hydrogens is 583 g/mol. The van der Waals surface area contributed by atoms with Gasteiger partial charge < -0.3 is 5.32 Å². The molecule has 2 aromatic carbocycles. The van der Waals surface area contributed by atoms with Crippen molar-refractivity contribution in [1.29, 1.82) is 0 Å². The van der Waals surface area contributed by atoms with Gasteiger partial charge in [0.05, 0.1) is 33.4 Å². The van der Waals surface area contributed by atoms with E-state index < -0.39 is 81.3 Å². The van der Waals surface area contributed by atoms with E-state index in [1.165, 1.54) is 23.5 Å². The standard InChI is InChI=1S/C21H11Cl2F10N5/c22-10-5-9(19(25,26)27)6-11(23)14(10)38-17(34-7-8-3-1-2-4-12(8)24)13-15(20(28,29)30)35-18(21(31,32)33)36-16(13)37-38/h1-6,16,37H,7H2,(H,35,36). The van der Waals surface area contributed by atoms with Crippen LogP contribution in [0.1, 0.15) is 11.1 Å². The first-order chi connectivity index (χ1) is 17.5. The van der Waals surface area contributed by atoms with Crippen LogP contribution in [0.15, 0.2) is 57.7 Å². The number of nitrogens with zero attached hydrogens (tertiary/aromatic N) is 3. The molecule has 2 aromatic rings. The first-order valence-electron chi connectivity index (χ1n) is 10.1. The maximum absolute atomic E-state index is 14.2. The van der Waals surface area contributed by atoms with Crippen molar-refractivity contribution in [3.05, 3.63) is 74.7 Å². The van der Waals surface area contributed by atoms with E-state index in [1.54, 1.807) is 0 Å². The van der Waals surface area contributed by atoms with Gasteiger partial charge >= 0.3 is 18.5 Å². The summed E-state index contributed by atoms with van der Waals surface area (Å²) in [5.41, 5.74) is -2.58. The number of nitrogens with one attached hydrogen (secondary N) is 2. The molecule has 2 aliphatic rings. The van der Waals surface area contributed by atoms with Crippen LogP contribution in [0, 0.1) is 5.82 Å². The molecule has 38 heavy (non-hydrogen) atoms. The summed E-state index contributed by atoms with van der Waals surface area (Å²) in [6.45, 7) is -0.618. The summed E-state index contributed by atoms with van der Waals surface area (Å²) >= 11 is 12.0. The fraction of sp³-hybridized carbons (Fsp3) is 0.238. The zero-order valence-corrected chi connectivity index (χ0v) is 19.6. The van der Waals surface area contributed by atoms with E-state index in [-0.39, 0.29) is 5.56 Å². The fourth-order valence-corrected chi connectivity index (χ4v) is 4.26. The first kappa shape index (κ1) is 28.0.